The minimum Gasteiger partial charge on any atom is -0.478 e. The molecule has 0 aliphatic carbocycles. The van der Waals surface area contributed by atoms with Crippen molar-refractivity contribution in [1.29, 1.82) is 0 Å². The summed E-state index contributed by atoms with van der Waals surface area (Å²) < 4.78 is 5.01. The van der Waals surface area contributed by atoms with Gasteiger partial charge >= 0.3 is 5.97 Å². The highest BCUT2D eigenvalue weighted by Crippen LogP contribution is 2.31. The van der Waals surface area contributed by atoms with Crippen LogP contribution in [0.3, 0.4) is 0 Å². The number of carboxylic acid groups (broad SMARTS) is 1. The van der Waals surface area contributed by atoms with E-state index in [1.165, 1.54) is 19.2 Å². The Bertz CT molecular complexity index is 529. The van der Waals surface area contributed by atoms with Crippen molar-refractivity contribution in [3.05, 3.63) is 27.7 Å². The number of anilines is 1. The van der Waals surface area contributed by atoms with Gasteiger partial charge in [0.2, 0.25) is 0 Å². The van der Waals surface area contributed by atoms with Crippen LogP contribution in [0, 0.1) is 0 Å². The molecule has 0 fully saturated rings. The molecule has 1 aromatic rings. The molecule has 19 heavy (non-hydrogen) atoms. The van der Waals surface area contributed by atoms with E-state index in [-0.39, 0.29) is 21.3 Å². The number of hydrogen-bond donors (Lipinski definition) is 2. The number of ether oxygens (including phenoxy) is 1. The van der Waals surface area contributed by atoms with Gasteiger partial charge < -0.3 is 15.2 Å². The fraction of sp³-hybridized carbons (Fsp3) is 0.333. The van der Waals surface area contributed by atoms with E-state index >= 15 is 0 Å². The van der Waals surface area contributed by atoms with E-state index in [4.69, 9.17) is 33.0 Å². The maximum absolute atomic E-state index is 12.0. The third kappa shape index (κ3) is 3.59. The molecule has 0 spiro atoms. The van der Waals surface area contributed by atoms with Gasteiger partial charge in [0.1, 0.15) is 5.60 Å². The highest BCUT2D eigenvalue weighted by atomic mass is 35.5. The third-order valence-electron chi connectivity index (χ3n) is 2.58. The van der Waals surface area contributed by atoms with Crippen molar-refractivity contribution in [2.45, 2.75) is 19.4 Å². The highest BCUT2D eigenvalue weighted by Gasteiger charge is 2.29. The van der Waals surface area contributed by atoms with Gasteiger partial charge in [0, 0.05) is 12.1 Å². The lowest BCUT2D eigenvalue weighted by Crippen LogP contribution is -2.39. The molecule has 0 heterocycles. The number of carboxylic acids is 1. The van der Waals surface area contributed by atoms with E-state index < -0.39 is 17.5 Å². The van der Waals surface area contributed by atoms with Crippen LogP contribution >= 0.6 is 23.2 Å². The fourth-order valence-electron chi connectivity index (χ4n) is 1.23. The lowest BCUT2D eigenvalue weighted by Gasteiger charge is -2.22. The lowest BCUT2D eigenvalue weighted by atomic mass is 10.1. The second-order valence-corrected chi connectivity index (χ2v) is 5.13. The standard InChI is InChI=1S/C12H13Cl2NO4/c1-12(2,19-3)11(18)15-9-7(10(16)17)4-6(13)5-8(9)14/h4-5H,1-3H3,(H,15,18)(H,16,17). The number of halogens is 2. The van der Waals surface area contributed by atoms with Crippen molar-refractivity contribution in [3.63, 3.8) is 0 Å². The van der Waals surface area contributed by atoms with Crippen LogP contribution in [0.1, 0.15) is 24.2 Å². The minimum absolute atomic E-state index is 0.00584. The number of carbonyl (C=O) groups is 2. The van der Waals surface area contributed by atoms with Crippen LogP contribution in [0.2, 0.25) is 10.0 Å². The van der Waals surface area contributed by atoms with Crippen LogP contribution < -0.4 is 5.32 Å². The molecule has 104 valence electrons. The Kier molecular flexibility index (Phi) is 4.79. The molecule has 0 radical (unpaired) electrons. The Morgan fingerprint density at radius 2 is 1.89 bits per heavy atom. The van der Waals surface area contributed by atoms with Gasteiger partial charge in [-0.25, -0.2) is 4.79 Å². The van der Waals surface area contributed by atoms with Crippen LogP contribution in [0.5, 0.6) is 0 Å². The number of aromatic carboxylic acids is 1. The third-order valence-corrected chi connectivity index (χ3v) is 3.10. The van der Waals surface area contributed by atoms with Gasteiger partial charge in [0.15, 0.2) is 0 Å². The lowest BCUT2D eigenvalue weighted by molar-refractivity contribution is -0.133. The Morgan fingerprint density at radius 3 is 2.37 bits per heavy atom. The van der Waals surface area contributed by atoms with E-state index in [1.807, 2.05) is 0 Å². The van der Waals surface area contributed by atoms with Crippen LogP contribution in [-0.4, -0.2) is 29.7 Å². The number of methoxy groups -OCH3 is 1. The molecular formula is C12H13Cl2NO4. The number of amides is 1. The summed E-state index contributed by atoms with van der Waals surface area (Å²) in [6, 6.07) is 2.57. The SMILES string of the molecule is COC(C)(C)C(=O)Nc1c(Cl)cc(Cl)cc1C(=O)O. The zero-order valence-electron chi connectivity index (χ0n) is 10.6. The smallest absolute Gasteiger partial charge is 0.337 e. The predicted molar refractivity (Wildman–Crippen MR) is 73.1 cm³/mol. The van der Waals surface area contributed by atoms with Crippen molar-refractivity contribution in [2.75, 3.05) is 12.4 Å². The van der Waals surface area contributed by atoms with Gasteiger partial charge in [0.25, 0.3) is 5.91 Å². The molecule has 5 nitrogen and oxygen atoms in total. The summed E-state index contributed by atoms with van der Waals surface area (Å²) in [4.78, 5) is 23.1. The monoisotopic (exact) mass is 305 g/mol. The topological polar surface area (TPSA) is 75.6 Å². The molecule has 0 aromatic heterocycles. The molecule has 0 saturated carbocycles. The Labute approximate surface area is 120 Å². The van der Waals surface area contributed by atoms with E-state index in [9.17, 15) is 9.59 Å². The van der Waals surface area contributed by atoms with Crippen molar-refractivity contribution < 1.29 is 19.4 Å². The molecule has 1 rings (SSSR count). The largest absolute Gasteiger partial charge is 0.478 e. The van der Waals surface area contributed by atoms with Crippen LogP contribution in [0.15, 0.2) is 12.1 Å². The number of rotatable bonds is 4. The summed E-state index contributed by atoms with van der Waals surface area (Å²) in [5.41, 5.74) is -1.30. The van der Waals surface area contributed by atoms with Gasteiger partial charge in [0.05, 0.1) is 16.3 Å². The van der Waals surface area contributed by atoms with Crippen LogP contribution in [-0.2, 0) is 9.53 Å². The molecule has 0 atom stereocenters. The number of benzene rings is 1. The number of nitrogens with one attached hydrogen (secondary N) is 1. The first-order valence-corrected chi connectivity index (χ1v) is 6.03. The summed E-state index contributed by atoms with van der Waals surface area (Å²) in [5.74, 6) is -1.75. The summed E-state index contributed by atoms with van der Waals surface area (Å²) >= 11 is 11.6. The fourth-order valence-corrected chi connectivity index (χ4v) is 1.77. The Balaban J connectivity index is 3.21. The maximum atomic E-state index is 12.0. The molecule has 0 aliphatic heterocycles. The second-order valence-electron chi connectivity index (χ2n) is 4.28. The predicted octanol–water partition coefficient (Wildman–Crippen LogP) is 3.06. The number of carbonyl (C=O) groups excluding carboxylic acids is 1. The average molecular weight is 306 g/mol. The molecule has 2 N–H and O–H groups in total. The van der Waals surface area contributed by atoms with Crippen molar-refractivity contribution >= 4 is 40.8 Å². The van der Waals surface area contributed by atoms with Crippen molar-refractivity contribution in [3.8, 4) is 0 Å². The van der Waals surface area contributed by atoms with Gasteiger partial charge in [-0.1, -0.05) is 23.2 Å². The van der Waals surface area contributed by atoms with Gasteiger partial charge in [-0.2, -0.15) is 0 Å². The second kappa shape index (κ2) is 5.77. The van der Waals surface area contributed by atoms with Crippen LogP contribution in [0.4, 0.5) is 5.69 Å². The molecule has 0 unspecified atom stereocenters. The van der Waals surface area contributed by atoms with E-state index in [2.05, 4.69) is 5.32 Å². The molecule has 1 aromatic carbocycles. The van der Waals surface area contributed by atoms with E-state index in [0.29, 0.717) is 0 Å². The normalized spacial score (nSPS) is 11.2. The first-order chi connectivity index (χ1) is 8.69. The van der Waals surface area contributed by atoms with Crippen LogP contribution in [0.25, 0.3) is 0 Å². The van der Waals surface area contributed by atoms with Crippen molar-refractivity contribution in [2.24, 2.45) is 0 Å². The van der Waals surface area contributed by atoms with Gasteiger partial charge in [-0.05, 0) is 26.0 Å². The van der Waals surface area contributed by atoms with Crippen molar-refractivity contribution in [1.82, 2.24) is 0 Å². The average Bonchev–Trinajstić information content (AvgIpc) is 2.31. The molecule has 1 amide bonds. The van der Waals surface area contributed by atoms with Gasteiger partial charge in [-0.15, -0.1) is 0 Å². The molecule has 0 bridgehead atoms. The minimum atomic E-state index is -1.24. The maximum Gasteiger partial charge on any atom is 0.337 e. The molecule has 7 heteroatoms. The summed E-state index contributed by atoms with van der Waals surface area (Å²) in [7, 11) is 1.38. The van der Waals surface area contributed by atoms with E-state index in [1.54, 1.807) is 13.8 Å². The summed E-state index contributed by atoms with van der Waals surface area (Å²) in [5, 5.41) is 11.7. The first-order valence-electron chi connectivity index (χ1n) is 5.28. The molecule has 0 aliphatic rings. The highest BCUT2D eigenvalue weighted by molar-refractivity contribution is 6.37. The number of hydrogen-bond acceptors (Lipinski definition) is 3. The summed E-state index contributed by atoms with van der Waals surface area (Å²) in [6.45, 7) is 3.10. The molecular weight excluding hydrogens is 293 g/mol. The zero-order valence-corrected chi connectivity index (χ0v) is 12.1. The van der Waals surface area contributed by atoms with E-state index in [0.717, 1.165) is 0 Å². The Hall–Kier alpha value is -1.30. The zero-order chi connectivity index (χ0) is 14.8. The molecule has 0 saturated heterocycles. The van der Waals surface area contributed by atoms with Gasteiger partial charge in [-0.3, -0.25) is 4.79 Å². The Morgan fingerprint density at radius 1 is 1.32 bits per heavy atom. The summed E-state index contributed by atoms with van der Waals surface area (Å²) in [6.07, 6.45) is 0. The quantitative estimate of drug-likeness (QED) is 0.896. The first kappa shape index (κ1) is 15.8.